The van der Waals surface area contributed by atoms with Gasteiger partial charge >= 0.3 is 0 Å². The first kappa shape index (κ1) is 15.4. The SMILES string of the molecule is CNC/C(=C\F)Cn1cc(C(=O)NC(C)(C)C)cn1. The summed E-state index contributed by atoms with van der Waals surface area (Å²) >= 11 is 0. The van der Waals surface area contributed by atoms with Gasteiger partial charge in [0.15, 0.2) is 0 Å². The zero-order valence-corrected chi connectivity index (χ0v) is 11.8. The monoisotopic (exact) mass is 268 g/mol. The molecule has 6 heteroatoms. The summed E-state index contributed by atoms with van der Waals surface area (Å²) < 4.78 is 14.1. The molecule has 2 N–H and O–H groups in total. The van der Waals surface area contributed by atoms with E-state index in [1.807, 2.05) is 20.8 Å². The molecule has 0 atom stereocenters. The van der Waals surface area contributed by atoms with Gasteiger partial charge in [-0.15, -0.1) is 0 Å². The molecule has 0 aliphatic rings. The van der Waals surface area contributed by atoms with Crippen LogP contribution in [0.15, 0.2) is 24.3 Å². The Labute approximate surface area is 112 Å². The van der Waals surface area contributed by atoms with E-state index in [1.54, 1.807) is 17.9 Å². The molecule has 106 valence electrons. The van der Waals surface area contributed by atoms with Crippen molar-refractivity contribution in [2.24, 2.45) is 0 Å². The lowest BCUT2D eigenvalue weighted by atomic mass is 10.1. The lowest BCUT2D eigenvalue weighted by Gasteiger charge is -2.19. The van der Waals surface area contributed by atoms with Gasteiger partial charge in [0.2, 0.25) is 0 Å². The molecular formula is C13H21FN4O. The van der Waals surface area contributed by atoms with Crippen LogP contribution in [0.5, 0.6) is 0 Å². The van der Waals surface area contributed by atoms with Gasteiger partial charge in [-0.05, 0) is 33.4 Å². The van der Waals surface area contributed by atoms with Crippen molar-refractivity contribution >= 4 is 5.91 Å². The van der Waals surface area contributed by atoms with Crippen molar-refractivity contribution in [3.8, 4) is 0 Å². The van der Waals surface area contributed by atoms with Crippen molar-refractivity contribution in [1.82, 2.24) is 20.4 Å². The van der Waals surface area contributed by atoms with Crippen LogP contribution in [0.1, 0.15) is 31.1 Å². The molecule has 0 aliphatic carbocycles. The quantitative estimate of drug-likeness (QED) is 0.850. The van der Waals surface area contributed by atoms with E-state index >= 15 is 0 Å². The Morgan fingerprint density at radius 3 is 2.74 bits per heavy atom. The molecule has 1 aromatic rings. The van der Waals surface area contributed by atoms with E-state index in [0.29, 0.717) is 30.6 Å². The van der Waals surface area contributed by atoms with E-state index in [9.17, 15) is 9.18 Å². The Hall–Kier alpha value is -1.69. The number of nitrogens with one attached hydrogen (secondary N) is 2. The summed E-state index contributed by atoms with van der Waals surface area (Å²) in [5.74, 6) is -0.182. The van der Waals surface area contributed by atoms with Crippen molar-refractivity contribution in [3.05, 3.63) is 29.9 Å². The number of likely N-dealkylation sites (N-methyl/N-ethyl adjacent to an activating group) is 1. The van der Waals surface area contributed by atoms with Crippen LogP contribution in [0.25, 0.3) is 0 Å². The van der Waals surface area contributed by atoms with Gasteiger partial charge in [0.1, 0.15) is 0 Å². The third kappa shape index (κ3) is 5.21. The lowest BCUT2D eigenvalue weighted by molar-refractivity contribution is 0.0919. The van der Waals surface area contributed by atoms with Gasteiger partial charge in [0.25, 0.3) is 5.91 Å². The molecule has 0 unspecified atom stereocenters. The van der Waals surface area contributed by atoms with Gasteiger partial charge in [0.05, 0.1) is 24.6 Å². The molecule has 5 nitrogen and oxygen atoms in total. The number of halogens is 1. The van der Waals surface area contributed by atoms with Gasteiger partial charge in [-0.2, -0.15) is 5.10 Å². The summed E-state index contributed by atoms with van der Waals surface area (Å²) in [4.78, 5) is 11.9. The summed E-state index contributed by atoms with van der Waals surface area (Å²) in [5.41, 5.74) is 0.737. The Balaban J connectivity index is 2.69. The van der Waals surface area contributed by atoms with Crippen LogP contribution in [0.2, 0.25) is 0 Å². The number of rotatable bonds is 5. The fourth-order valence-corrected chi connectivity index (χ4v) is 1.54. The van der Waals surface area contributed by atoms with E-state index in [4.69, 9.17) is 0 Å². The summed E-state index contributed by atoms with van der Waals surface area (Å²) in [6.45, 7) is 6.49. The molecular weight excluding hydrogens is 247 g/mol. The number of amides is 1. The van der Waals surface area contributed by atoms with E-state index in [-0.39, 0.29) is 11.4 Å². The smallest absolute Gasteiger partial charge is 0.254 e. The molecule has 0 aromatic carbocycles. The van der Waals surface area contributed by atoms with Crippen LogP contribution in [-0.4, -0.2) is 34.8 Å². The largest absolute Gasteiger partial charge is 0.347 e. The molecule has 1 rings (SSSR count). The van der Waals surface area contributed by atoms with E-state index < -0.39 is 0 Å². The maximum absolute atomic E-state index is 12.6. The Bertz CT molecular complexity index is 459. The van der Waals surface area contributed by atoms with Crippen LogP contribution in [0.3, 0.4) is 0 Å². The molecule has 19 heavy (non-hydrogen) atoms. The lowest BCUT2D eigenvalue weighted by Crippen LogP contribution is -2.40. The molecule has 1 aromatic heterocycles. The van der Waals surface area contributed by atoms with Crippen LogP contribution >= 0.6 is 0 Å². The number of hydrogen-bond donors (Lipinski definition) is 2. The normalized spacial score (nSPS) is 12.6. The standard InChI is InChI=1S/C13H21FN4O/c1-13(2,3)17-12(19)11-7-16-18(9-11)8-10(5-14)6-15-4/h5,7,9,15H,6,8H2,1-4H3,(H,17,19)/b10-5+. The number of carbonyl (C=O) groups is 1. The average Bonchev–Trinajstić information content (AvgIpc) is 2.75. The maximum Gasteiger partial charge on any atom is 0.254 e. The van der Waals surface area contributed by atoms with Crippen molar-refractivity contribution < 1.29 is 9.18 Å². The zero-order valence-electron chi connectivity index (χ0n) is 11.8. The van der Waals surface area contributed by atoms with Crippen LogP contribution in [0.4, 0.5) is 4.39 Å². The predicted octanol–water partition coefficient (Wildman–Crippen LogP) is 1.48. The maximum atomic E-state index is 12.6. The van der Waals surface area contributed by atoms with Gasteiger partial charge < -0.3 is 10.6 Å². The average molecular weight is 268 g/mol. The number of carbonyl (C=O) groups excluding carboxylic acids is 1. The van der Waals surface area contributed by atoms with Gasteiger partial charge in [-0.3, -0.25) is 9.48 Å². The van der Waals surface area contributed by atoms with Gasteiger partial charge in [-0.1, -0.05) is 0 Å². The van der Waals surface area contributed by atoms with E-state index in [1.165, 1.54) is 6.20 Å². The molecule has 0 radical (unpaired) electrons. The Morgan fingerprint density at radius 2 is 2.21 bits per heavy atom. The second-order valence-corrected chi connectivity index (χ2v) is 5.43. The third-order valence-corrected chi connectivity index (χ3v) is 2.31. The second kappa shape index (κ2) is 6.47. The van der Waals surface area contributed by atoms with Crippen molar-refractivity contribution in [2.45, 2.75) is 32.9 Å². The minimum Gasteiger partial charge on any atom is -0.347 e. The third-order valence-electron chi connectivity index (χ3n) is 2.31. The fourth-order valence-electron chi connectivity index (χ4n) is 1.54. The van der Waals surface area contributed by atoms with Crippen LogP contribution in [0, 0.1) is 0 Å². The Kier molecular flexibility index (Phi) is 5.23. The van der Waals surface area contributed by atoms with Crippen molar-refractivity contribution in [1.29, 1.82) is 0 Å². The molecule has 0 fully saturated rings. The van der Waals surface area contributed by atoms with Crippen molar-refractivity contribution in [2.75, 3.05) is 13.6 Å². The zero-order chi connectivity index (χ0) is 14.5. The van der Waals surface area contributed by atoms with Gasteiger partial charge in [0, 0.05) is 18.3 Å². The molecule has 1 amide bonds. The Morgan fingerprint density at radius 1 is 1.53 bits per heavy atom. The van der Waals surface area contributed by atoms with Gasteiger partial charge in [-0.25, -0.2) is 4.39 Å². The molecule has 0 saturated carbocycles. The molecule has 1 heterocycles. The van der Waals surface area contributed by atoms with Crippen LogP contribution < -0.4 is 10.6 Å². The minimum absolute atomic E-state index is 0.182. The van der Waals surface area contributed by atoms with E-state index in [0.717, 1.165) is 0 Å². The molecule has 0 bridgehead atoms. The summed E-state index contributed by atoms with van der Waals surface area (Å²) in [6, 6.07) is 0. The number of nitrogens with zero attached hydrogens (tertiary/aromatic N) is 2. The second-order valence-electron chi connectivity index (χ2n) is 5.43. The highest BCUT2D eigenvalue weighted by Gasteiger charge is 2.16. The highest BCUT2D eigenvalue weighted by molar-refractivity contribution is 5.94. The number of hydrogen-bond acceptors (Lipinski definition) is 3. The topological polar surface area (TPSA) is 59.0 Å². The highest BCUT2D eigenvalue weighted by Crippen LogP contribution is 2.06. The minimum atomic E-state index is -0.296. The molecule has 0 spiro atoms. The fraction of sp³-hybridized carbons (Fsp3) is 0.538. The number of aromatic nitrogens is 2. The molecule has 0 saturated heterocycles. The first-order chi connectivity index (χ1) is 8.85. The summed E-state index contributed by atoms with van der Waals surface area (Å²) in [5, 5.41) is 9.78. The summed E-state index contributed by atoms with van der Waals surface area (Å²) in [7, 11) is 1.74. The first-order valence-corrected chi connectivity index (χ1v) is 6.13. The van der Waals surface area contributed by atoms with Crippen molar-refractivity contribution in [3.63, 3.8) is 0 Å². The predicted molar refractivity (Wildman–Crippen MR) is 72.6 cm³/mol. The van der Waals surface area contributed by atoms with E-state index in [2.05, 4.69) is 15.7 Å². The summed E-state index contributed by atoms with van der Waals surface area (Å²) in [6.07, 6.45) is 3.66. The highest BCUT2D eigenvalue weighted by atomic mass is 19.1. The first-order valence-electron chi connectivity index (χ1n) is 6.13. The molecule has 0 aliphatic heterocycles. The van der Waals surface area contributed by atoms with Crippen LogP contribution in [-0.2, 0) is 6.54 Å².